The molecule has 0 fully saturated rings. The molecule has 0 aliphatic rings. The van der Waals surface area contributed by atoms with E-state index in [-0.39, 0.29) is 0 Å². The third kappa shape index (κ3) is 13.9. The van der Waals surface area contributed by atoms with Gasteiger partial charge in [0.25, 0.3) is 0 Å². The molecule has 0 amide bonds. The summed E-state index contributed by atoms with van der Waals surface area (Å²) in [7, 11) is 0. The van der Waals surface area contributed by atoms with E-state index in [2.05, 4.69) is 347 Å². The van der Waals surface area contributed by atoms with Crippen LogP contribution in [0.15, 0.2) is 497 Å². The van der Waals surface area contributed by atoms with Crippen molar-refractivity contribution in [1.29, 1.82) is 0 Å². The molecule has 30 rings (SSSR count). The highest BCUT2D eigenvalue weighted by atomic mass is 15.2. The van der Waals surface area contributed by atoms with Crippen molar-refractivity contribution in [3.8, 4) is 109 Å². The zero-order valence-electron chi connectivity index (χ0n) is 78.0. The molecular formula is C129H82N16. The van der Waals surface area contributed by atoms with Crippen molar-refractivity contribution >= 4 is 153 Å². The fourth-order valence-corrected chi connectivity index (χ4v) is 21.7. The summed E-state index contributed by atoms with van der Waals surface area (Å²) in [5.41, 5.74) is 25.7. The zero-order chi connectivity index (χ0) is 95.5. The fourth-order valence-electron chi connectivity index (χ4n) is 21.7. The van der Waals surface area contributed by atoms with E-state index in [4.69, 9.17) is 44.9 Å². The van der Waals surface area contributed by atoms with Gasteiger partial charge in [0, 0.05) is 132 Å². The van der Waals surface area contributed by atoms with E-state index >= 15 is 0 Å². The minimum atomic E-state index is 0.576. The molecule has 0 radical (unpaired) electrons. The first-order valence-corrected chi connectivity index (χ1v) is 48.7. The summed E-state index contributed by atoms with van der Waals surface area (Å²) in [6.45, 7) is 0. The van der Waals surface area contributed by atoms with Gasteiger partial charge in [-0.1, -0.05) is 394 Å². The maximum atomic E-state index is 5.17. The minimum absolute atomic E-state index is 0.576. The monoisotopic (exact) mass is 1850 g/mol. The molecule has 0 N–H and O–H groups in total. The molecule has 30 aromatic rings. The lowest BCUT2D eigenvalue weighted by molar-refractivity contribution is 0.953. The van der Waals surface area contributed by atoms with E-state index in [1.165, 1.54) is 59.6 Å². The summed E-state index contributed by atoms with van der Waals surface area (Å²) in [6.07, 6.45) is 0. The first-order valence-electron chi connectivity index (χ1n) is 48.7. The van der Waals surface area contributed by atoms with E-state index in [1.54, 1.807) is 0 Å². The Kier molecular flexibility index (Phi) is 19.8. The molecule has 0 spiro atoms. The van der Waals surface area contributed by atoms with E-state index < -0.39 is 0 Å². The Morgan fingerprint density at radius 2 is 0.324 bits per heavy atom. The van der Waals surface area contributed by atoms with Gasteiger partial charge in [-0.25, -0.2) is 15.0 Å². The van der Waals surface area contributed by atoms with Crippen LogP contribution >= 0.6 is 0 Å². The minimum Gasteiger partial charge on any atom is -0.309 e. The van der Waals surface area contributed by atoms with Crippen LogP contribution in [0.4, 0.5) is 0 Å². The Bertz CT molecular complexity index is 10100. The molecular weight excluding hydrogens is 1770 g/mol. The van der Waals surface area contributed by atoms with Gasteiger partial charge in [-0.3, -0.25) is 13.7 Å². The summed E-state index contributed by atoms with van der Waals surface area (Å²) < 4.78 is 16.3. The number of hydrogen-bond acceptors (Lipinski definition) is 9. The standard InChI is InChI=1S/C51H32N6.2C39H25N5/c1-4-16-33(17-5-1)49-52-50(34-18-6-2-7-19-34)54-51(53-49)57-45-27-15-12-24-39(45)42-32-36(28-31-46(42)57)56-44-26-14-11-23-38(44)41-30-29-40-37-22-10-13-25-43(37)55(47(40)48(41)56)35-20-8-3-9-21-35;1-4-14-26(15-5-1)37-40-38(27-16-6-2-7-17-27)42-39(41-37)44-32-22-12-10-20-29(32)30-24-25-34-35(36(30)44)31-21-11-13-23-33(31)43(34)28-18-8-3-9-19-28;1-4-14-26(15-5-1)37-40-38(27-16-6-2-7-17-27)42-39(41-37)44-34-23-13-11-21-30(34)32-25-24-31-29-20-10-12-22-33(29)43(35(31)36(32)44)28-18-8-3-9-19-28/h1-32H;2*1-25H. The van der Waals surface area contributed by atoms with Gasteiger partial charge in [0.05, 0.1) is 77.2 Å². The molecule has 16 nitrogen and oxygen atoms in total. The quantitative estimate of drug-likeness (QED) is 0.110. The average molecular weight is 1860 g/mol. The van der Waals surface area contributed by atoms with Gasteiger partial charge in [0.1, 0.15) is 0 Å². The molecule has 0 saturated heterocycles. The number of benzene rings is 20. The molecule has 0 bridgehead atoms. The first-order chi connectivity index (χ1) is 72.0. The van der Waals surface area contributed by atoms with E-state index in [9.17, 15) is 0 Å². The van der Waals surface area contributed by atoms with Crippen molar-refractivity contribution in [3.05, 3.63) is 497 Å². The van der Waals surface area contributed by atoms with Crippen LogP contribution in [0.5, 0.6) is 0 Å². The van der Waals surface area contributed by atoms with Gasteiger partial charge in [0.2, 0.25) is 17.8 Å². The Labute approximate surface area is 830 Å². The molecule has 0 saturated carbocycles. The highest BCUT2D eigenvalue weighted by Gasteiger charge is 2.30. The van der Waals surface area contributed by atoms with Crippen LogP contribution in [-0.4, -0.2) is 76.8 Å². The lowest BCUT2D eigenvalue weighted by atomic mass is 10.1. The zero-order valence-corrected chi connectivity index (χ0v) is 78.0. The molecule has 16 heteroatoms. The number of hydrogen-bond donors (Lipinski definition) is 0. The van der Waals surface area contributed by atoms with Crippen LogP contribution in [0.3, 0.4) is 0 Å². The Morgan fingerprint density at radius 3 is 0.648 bits per heavy atom. The van der Waals surface area contributed by atoms with Crippen LogP contribution in [0.25, 0.3) is 262 Å². The fraction of sp³-hybridized carbons (Fsp3) is 0. The largest absolute Gasteiger partial charge is 0.309 e. The van der Waals surface area contributed by atoms with Crippen molar-refractivity contribution in [3.63, 3.8) is 0 Å². The van der Waals surface area contributed by atoms with Gasteiger partial charge in [-0.2, -0.15) is 29.9 Å². The summed E-state index contributed by atoms with van der Waals surface area (Å²) in [5, 5.41) is 16.5. The lowest BCUT2D eigenvalue weighted by Crippen LogP contribution is -2.07. The van der Waals surface area contributed by atoms with Crippen molar-refractivity contribution in [2.24, 2.45) is 0 Å². The lowest BCUT2D eigenvalue weighted by Gasteiger charge is -2.13. The second kappa shape index (κ2) is 34.6. The number of aromatic nitrogens is 16. The molecule has 678 valence electrons. The van der Waals surface area contributed by atoms with E-state index in [0.717, 1.165) is 149 Å². The third-order valence-electron chi connectivity index (χ3n) is 28.0. The predicted molar refractivity (Wildman–Crippen MR) is 592 cm³/mol. The van der Waals surface area contributed by atoms with Gasteiger partial charge >= 0.3 is 0 Å². The Morgan fingerprint density at radius 1 is 0.117 bits per heavy atom. The Balaban J connectivity index is 0.000000107. The average Bonchev–Trinajstić information content (AvgIpc) is 1.55. The molecule has 0 unspecified atom stereocenters. The van der Waals surface area contributed by atoms with Gasteiger partial charge in [-0.05, 0) is 103 Å². The van der Waals surface area contributed by atoms with Crippen molar-refractivity contribution in [2.45, 2.75) is 0 Å². The summed E-state index contributed by atoms with van der Waals surface area (Å²) in [5.74, 6) is 5.56. The van der Waals surface area contributed by atoms with Crippen LogP contribution in [0, 0.1) is 0 Å². The van der Waals surface area contributed by atoms with Gasteiger partial charge in [0.15, 0.2) is 34.9 Å². The van der Waals surface area contributed by atoms with E-state index in [1.807, 2.05) is 182 Å². The number of para-hydroxylation sites is 10. The topological polar surface area (TPSA) is 151 Å². The smallest absolute Gasteiger partial charge is 0.238 e. The second-order valence-electron chi connectivity index (χ2n) is 36.3. The van der Waals surface area contributed by atoms with Gasteiger partial charge in [-0.15, -0.1) is 0 Å². The molecule has 10 aromatic heterocycles. The van der Waals surface area contributed by atoms with Crippen LogP contribution in [0.1, 0.15) is 0 Å². The van der Waals surface area contributed by atoms with Crippen molar-refractivity contribution < 1.29 is 0 Å². The normalized spacial score (nSPS) is 11.7. The van der Waals surface area contributed by atoms with Crippen LogP contribution in [0.2, 0.25) is 0 Å². The maximum absolute atomic E-state index is 5.17. The summed E-state index contributed by atoms with van der Waals surface area (Å²) in [6, 6.07) is 174. The maximum Gasteiger partial charge on any atom is 0.238 e. The van der Waals surface area contributed by atoms with Crippen molar-refractivity contribution in [1.82, 2.24) is 76.8 Å². The summed E-state index contributed by atoms with van der Waals surface area (Å²) in [4.78, 5) is 45.9. The molecule has 0 aliphatic heterocycles. The number of nitrogens with zero attached hydrogens (tertiary/aromatic N) is 16. The number of fused-ring (bicyclic) bond motifs is 24. The Hall–Kier alpha value is -20.0. The van der Waals surface area contributed by atoms with Crippen LogP contribution < -0.4 is 0 Å². The highest BCUT2D eigenvalue weighted by molar-refractivity contribution is 6.28. The van der Waals surface area contributed by atoms with Crippen LogP contribution in [-0.2, 0) is 0 Å². The molecule has 145 heavy (non-hydrogen) atoms. The molecule has 20 aromatic carbocycles. The number of rotatable bonds is 13. The SMILES string of the molecule is c1ccc(-c2nc(-c3ccccc3)nc(-n3c4ccccc4c4cc(-n5c6ccccc6c6ccc7c8ccccc8n(-c8ccccc8)c7c65)ccc43)n2)cc1.c1ccc(-c2nc(-c3ccccc3)nc(-n3c4ccccc4c4ccc5c(c6ccccc6n5-c5ccccc5)c43)n2)cc1.c1ccc(-c2nc(-c3ccccc3)nc(-n3c4ccccc4c4ccc5c6ccccc6n(-c6ccccc6)c5c43)n2)cc1. The predicted octanol–water partition coefficient (Wildman–Crippen LogP) is 31.3. The summed E-state index contributed by atoms with van der Waals surface area (Å²) >= 11 is 0. The van der Waals surface area contributed by atoms with E-state index in [0.29, 0.717) is 52.8 Å². The first kappa shape index (κ1) is 83.2. The second-order valence-corrected chi connectivity index (χ2v) is 36.3. The van der Waals surface area contributed by atoms with Gasteiger partial charge < -0.3 is 18.3 Å². The molecule has 0 aliphatic carbocycles. The molecule has 0 atom stereocenters. The third-order valence-corrected chi connectivity index (χ3v) is 28.0. The highest BCUT2D eigenvalue weighted by Crippen LogP contribution is 2.48. The molecule has 10 heterocycles. The van der Waals surface area contributed by atoms with Crippen molar-refractivity contribution in [2.75, 3.05) is 0 Å².